The molecule has 0 aromatic rings. The van der Waals surface area contributed by atoms with Crippen molar-refractivity contribution in [3.05, 3.63) is 0 Å². The Morgan fingerprint density at radius 1 is 1.31 bits per heavy atom. The lowest BCUT2D eigenvalue weighted by Gasteiger charge is -2.21. The molecule has 0 saturated carbocycles. The highest BCUT2D eigenvalue weighted by Crippen LogP contribution is 2.36. The van der Waals surface area contributed by atoms with Crippen molar-refractivity contribution in [3.8, 4) is 0 Å². The van der Waals surface area contributed by atoms with Gasteiger partial charge in [0.15, 0.2) is 12.1 Å². The number of rotatable bonds is 1. The molecule has 2 rings (SSSR count). The van der Waals surface area contributed by atoms with Crippen molar-refractivity contribution in [1.82, 2.24) is 0 Å². The molecule has 0 aromatic heterocycles. The van der Waals surface area contributed by atoms with Crippen molar-refractivity contribution in [2.75, 3.05) is 6.61 Å². The third kappa shape index (κ3) is 1.47. The molecule has 76 valence electrons. The molecule has 2 heterocycles. The van der Waals surface area contributed by atoms with Crippen LogP contribution in [0.4, 0.5) is 0 Å². The summed E-state index contributed by atoms with van der Waals surface area (Å²) in [6.07, 6.45) is -2.43. The third-order valence-electron chi connectivity index (χ3n) is 2.29. The van der Waals surface area contributed by atoms with E-state index >= 15 is 0 Å². The quantitative estimate of drug-likeness (QED) is 0.537. The van der Waals surface area contributed by atoms with E-state index in [9.17, 15) is 5.11 Å². The lowest BCUT2D eigenvalue weighted by molar-refractivity contribution is -0.218. The minimum Gasteiger partial charge on any atom is -0.394 e. The Morgan fingerprint density at radius 3 is 2.54 bits per heavy atom. The van der Waals surface area contributed by atoms with E-state index in [-0.39, 0.29) is 6.61 Å². The Bertz CT molecular complexity index is 205. The van der Waals surface area contributed by atoms with Crippen LogP contribution in [0.1, 0.15) is 13.8 Å². The number of aliphatic hydroxyl groups excluding tert-OH is 2. The smallest absolute Gasteiger partial charge is 0.190 e. The molecule has 0 amide bonds. The maximum absolute atomic E-state index is 9.60. The Hall–Kier alpha value is -0.200. The fraction of sp³-hybridized carbons (Fsp3) is 1.00. The van der Waals surface area contributed by atoms with Crippen molar-refractivity contribution < 1.29 is 24.4 Å². The van der Waals surface area contributed by atoms with E-state index in [0.29, 0.717) is 0 Å². The van der Waals surface area contributed by atoms with Crippen molar-refractivity contribution in [1.29, 1.82) is 0 Å². The normalized spacial score (nSPS) is 48.0. The van der Waals surface area contributed by atoms with Gasteiger partial charge in [-0.3, -0.25) is 0 Å². The number of ether oxygens (including phenoxy) is 3. The van der Waals surface area contributed by atoms with Gasteiger partial charge < -0.3 is 24.4 Å². The second-order valence-corrected chi connectivity index (χ2v) is 3.82. The fourth-order valence-corrected chi connectivity index (χ4v) is 1.71. The summed E-state index contributed by atoms with van der Waals surface area (Å²) < 4.78 is 16.0. The first-order valence-corrected chi connectivity index (χ1v) is 4.33. The standard InChI is InChI=1S/C8H14O5/c1-8(2)12-6-5(10)4(3-9)11-7(6)13-8/h4-7,9-10H,3H2,1-2H3/t4-,5-,6-,7-/m1/s1/i3+1,4+1,5+1,6+1,7+1. The summed E-state index contributed by atoms with van der Waals surface area (Å²) in [7, 11) is 0. The molecule has 4 atom stereocenters. The minimum atomic E-state index is -0.809. The molecule has 2 aliphatic rings. The van der Waals surface area contributed by atoms with E-state index in [1.165, 1.54) is 0 Å². The van der Waals surface area contributed by atoms with Crippen LogP contribution in [0.5, 0.6) is 0 Å². The highest BCUT2D eigenvalue weighted by atomic mass is 17.0. The summed E-state index contributed by atoms with van der Waals surface area (Å²) in [5.74, 6) is -0.712. The van der Waals surface area contributed by atoms with Crippen LogP contribution < -0.4 is 0 Å². The second kappa shape index (κ2) is 2.90. The fourth-order valence-electron chi connectivity index (χ4n) is 1.71. The molecule has 0 radical (unpaired) electrons. The SMILES string of the molecule is CC1(C)O[13C@H]2O[13C@H]([13CH2]O)[13C@@H](O)[13C@H]2O1. The van der Waals surface area contributed by atoms with Gasteiger partial charge >= 0.3 is 0 Å². The lowest BCUT2D eigenvalue weighted by Crippen LogP contribution is -2.36. The van der Waals surface area contributed by atoms with Gasteiger partial charge in [-0.2, -0.15) is 0 Å². The van der Waals surface area contributed by atoms with Crippen LogP contribution in [-0.4, -0.2) is 47.2 Å². The van der Waals surface area contributed by atoms with E-state index in [1.807, 2.05) is 0 Å². The third-order valence-corrected chi connectivity index (χ3v) is 2.29. The monoisotopic (exact) mass is 195 g/mol. The molecule has 0 aliphatic carbocycles. The van der Waals surface area contributed by atoms with Crippen LogP contribution in [0.15, 0.2) is 0 Å². The van der Waals surface area contributed by atoms with E-state index in [1.54, 1.807) is 13.8 Å². The number of hydrogen-bond acceptors (Lipinski definition) is 5. The molecule has 0 spiro atoms. The van der Waals surface area contributed by atoms with Gasteiger partial charge in [-0.05, 0) is 13.8 Å². The second-order valence-electron chi connectivity index (χ2n) is 3.82. The van der Waals surface area contributed by atoms with E-state index in [2.05, 4.69) is 0 Å². The van der Waals surface area contributed by atoms with Crippen LogP contribution in [0.25, 0.3) is 0 Å². The Balaban J connectivity index is 2.07. The predicted octanol–water partition coefficient (Wildman–Crippen LogP) is -0.784. The summed E-state index contributed by atoms with van der Waals surface area (Å²) in [6.45, 7) is 3.30. The maximum atomic E-state index is 9.60. The first-order valence-electron chi connectivity index (χ1n) is 4.33. The molecular weight excluding hydrogens is 181 g/mol. The Morgan fingerprint density at radius 2 is 2.00 bits per heavy atom. The highest BCUT2D eigenvalue weighted by Gasteiger charge is 2.53. The zero-order valence-corrected chi connectivity index (χ0v) is 7.64. The van der Waals surface area contributed by atoms with E-state index in [0.717, 1.165) is 0 Å². The largest absolute Gasteiger partial charge is 0.394 e. The van der Waals surface area contributed by atoms with Gasteiger partial charge in [0.2, 0.25) is 0 Å². The molecule has 0 bridgehead atoms. The van der Waals surface area contributed by atoms with Gasteiger partial charge in [-0.15, -0.1) is 0 Å². The first kappa shape index (κ1) is 9.36. The van der Waals surface area contributed by atoms with Crippen LogP contribution in [0, 0.1) is 0 Å². The van der Waals surface area contributed by atoms with Gasteiger partial charge in [0.1, 0.15) is 18.3 Å². The molecule has 0 aromatic carbocycles. The summed E-state index contributed by atoms with van der Waals surface area (Å²) in [6, 6.07) is 0. The highest BCUT2D eigenvalue weighted by molar-refractivity contribution is 4.92. The zero-order valence-electron chi connectivity index (χ0n) is 7.64. The molecule has 2 fully saturated rings. The van der Waals surface area contributed by atoms with Gasteiger partial charge in [-0.1, -0.05) is 0 Å². The topological polar surface area (TPSA) is 68.2 Å². The van der Waals surface area contributed by atoms with Gasteiger partial charge in [0, 0.05) is 0 Å². The van der Waals surface area contributed by atoms with Crippen molar-refractivity contribution >= 4 is 0 Å². The molecule has 0 unspecified atom stereocenters. The van der Waals surface area contributed by atoms with E-state index < -0.39 is 30.4 Å². The molecule has 2 N–H and O–H groups in total. The number of fused-ring (bicyclic) bond motifs is 1. The molecule has 2 saturated heterocycles. The predicted molar refractivity (Wildman–Crippen MR) is 41.8 cm³/mol. The summed E-state index contributed by atoms with van der Waals surface area (Å²) >= 11 is 0. The Kier molecular flexibility index (Phi) is 2.08. The summed E-state index contributed by atoms with van der Waals surface area (Å²) in [5, 5.41) is 18.4. The number of hydrogen-bond donors (Lipinski definition) is 2. The van der Waals surface area contributed by atoms with Crippen molar-refractivity contribution in [2.24, 2.45) is 0 Å². The summed E-state index contributed by atoms with van der Waals surface area (Å²) in [4.78, 5) is 0. The van der Waals surface area contributed by atoms with Crippen LogP contribution in [0.3, 0.4) is 0 Å². The molecule has 2 aliphatic heterocycles. The van der Waals surface area contributed by atoms with Gasteiger partial charge in [0.25, 0.3) is 0 Å². The average Bonchev–Trinajstić information content (AvgIpc) is 2.47. The molecular formula is C8H14O5. The van der Waals surface area contributed by atoms with Gasteiger partial charge in [0.05, 0.1) is 6.61 Å². The maximum Gasteiger partial charge on any atom is 0.190 e. The Labute approximate surface area is 76.2 Å². The summed E-state index contributed by atoms with van der Waals surface area (Å²) in [5.41, 5.74) is 0. The van der Waals surface area contributed by atoms with Gasteiger partial charge in [-0.25, -0.2) is 0 Å². The average molecular weight is 195 g/mol. The first-order chi connectivity index (χ1) is 6.03. The van der Waals surface area contributed by atoms with Crippen molar-refractivity contribution in [2.45, 2.75) is 44.2 Å². The van der Waals surface area contributed by atoms with Crippen LogP contribution in [0.2, 0.25) is 0 Å². The minimum absolute atomic E-state index is 0.221. The molecule has 13 heavy (non-hydrogen) atoms. The van der Waals surface area contributed by atoms with E-state index in [4.69, 9.17) is 19.3 Å². The van der Waals surface area contributed by atoms with Crippen LogP contribution in [-0.2, 0) is 14.2 Å². The lowest BCUT2D eigenvalue weighted by atomic mass is 10.4. The van der Waals surface area contributed by atoms with Crippen LogP contribution >= 0.6 is 0 Å². The zero-order chi connectivity index (χ0) is 9.64. The number of aliphatic hydroxyl groups is 2. The molecule has 5 heteroatoms. The molecule has 5 nitrogen and oxygen atoms in total. The van der Waals surface area contributed by atoms with Crippen molar-refractivity contribution in [3.63, 3.8) is 0 Å².